The standard InChI is InChI=1S/C17H22N2O6S/c1-11(17(22)23)18-16(21)12-6-8-13(9-7-12)19-15(20)10-26(24,25)14-4-2-3-5-14/h6-9,11,14H,2-5,10H2,1H3,(H,18,21)(H,19,20)(H,22,23). The average Bonchev–Trinajstić information content (AvgIpc) is 3.10. The smallest absolute Gasteiger partial charge is 0.325 e. The Balaban J connectivity index is 1.93. The second-order valence-corrected chi connectivity index (χ2v) is 8.65. The van der Waals surface area contributed by atoms with Crippen molar-refractivity contribution in [3.05, 3.63) is 29.8 Å². The maximum atomic E-state index is 12.2. The highest BCUT2D eigenvalue weighted by atomic mass is 32.2. The fraction of sp³-hybridized carbons (Fsp3) is 0.471. The number of hydrogen-bond donors (Lipinski definition) is 3. The maximum absolute atomic E-state index is 12.2. The van der Waals surface area contributed by atoms with Crippen molar-refractivity contribution in [2.45, 2.75) is 43.9 Å². The van der Waals surface area contributed by atoms with Gasteiger partial charge in [-0.15, -0.1) is 0 Å². The number of rotatable bonds is 7. The van der Waals surface area contributed by atoms with Crippen molar-refractivity contribution < 1.29 is 27.9 Å². The molecular weight excluding hydrogens is 360 g/mol. The van der Waals surface area contributed by atoms with E-state index < -0.39 is 44.7 Å². The van der Waals surface area contributed by atoms with Gasteiger partial charge in [0, 0.05) is 11.3 Å². The molecule has 0 radical (unpaired) electrons. The Kier molecular flexibility index (Phi) is 6.36. The SMILES string of the molecule is CC(NC(=O)c1ccc(NC(=O)CS(=O)(=O)C2CCCC2)cc1)C(=O)O. The Morgan fingerprint density at radius 3 is 2.27 bits per heavy atom. The van der Waals surface area contributed by atoms with Crippen molar-refractivity contribution in [1.29, 1.82) is 0 Å². The van der Waals surface area contributed by atoms with Crippen LogP contribution in [0.5, 0.6) is 0 Å². The van der Waals surface area contributed by atoms with Crippen LogP contribution in [0.1, 0.15) is 43.0 Å². The van der Waals surface area contributed by atoms with Crippen LogP contribution in [0.2, 0.25) is 0 Å². The zero-order valence-corrected chi connectivity index (χ0v) is 15.2. The third kappa shape index (κ3) is 5.29. The molecule has 1 aliphatic rings. The Labute approximate surface area is 151 Å². The molecule has 1 aromatic carbocycles. The summed E-state index contributed by atoms with van der Waals surface area (Å²) in [6, 6.07) is 4.74. The van der Waals surface area contributed by atoms with Gasteiger partial charge < -0.3 is 15.7 Å². The van der Waals surface area contributed by atoms with Crippen molar-refractivity contribution in [3.63, 3.8) is 0 Å². The predicted octanol–water partition coefficient (Wildman–Crippen LogP) is 1.19. The van der Waals surface area contributed by atoms with E-state index in [-0.39, 0.29) is 5.56 Å². The summed E-state index contributed by atoms with van der Waals surface area (Å²) < 4.78 is 24.3. The largest absolute Gasteiger partial charge is 0.480 e. The third-order valence-electron chi connectivity index (χ3n) is 4.29. The number of sulfone groups is 1. The Bertz CT molecular complexity index is 782. The van der Waals surface area contributed by atoms with E-state index in [0.717, 1.165) is 12.8 Å². The number of carboxylic acid groups (broad SMARTS) is 1. The highest BCUT2D eigenvalue weighted by Crippen LogP contribution is 2.25. The summed E-state index contributed by atoms with van der Waals surface area (Å²) in [4.78, 5) is 34.6. The first-order valence-electron chi connectivity index (χ1n) is 8.34. The number of carbonyl (C=O) groups excluding carboxylic acids is 2. The summed E-state index contributed by atoms with van der Waals surface area (Å²) in [5.41, 5.74) is 0.592. The van der Waals surface area contributed by atoms with Gasteiger partial charge in [-0.1, -0.05) is 12.8 Å². The van der Waals surface area contributed by atoms with Gasteiger partial charge in [-0.3, -0.25) is 14.4 Å². The second kappa shape index (κ2) is 8.31. The van der Waals surface area contributed by atoms with Crippen LogP contribution >= 0.6 is 0 Å². The van der Waals surface area contributed by atoms with E-state index in [1.165, 1.54) is 31.2 Å². The fourth-order valence-corrected chi connectivity index (χ4v) is 4.52. The van der Waals surface area contributed by atoms with Crippen molar-refractivity contribution in [3.8, 4) is 0 Å². The lowest BCUT2D eigenvalue weighted by atomic mass is 10.2. The van der Waals surface area contributed by atoms with E-state index in [0.29, 0.717) is 18.5 Å². The topological polar surface area (TPSA) is 130 Å². The van der Waals surface area contributed by atoms with Gasteiger partial charge in [-0.25, -0.2) is 8.42 Å². The van der Waals surface area contributed by atoms with Gasteiger partial charge in [0.2, 0.25) is 5.91 Å². The van der Waals surface area contributed by atoms with Gasteiger partial charge in [-0.2, -0.15) is 0 Å². The molecule has 1 aliphatic carbocycles. The Hall–Kier alpha value is -2.42. The van der Waals surface area contributed by atoms with Crippen LogP contribution in [0, 0.1) is 0 Å². The van der Waals surface area contributed by atoms with Gasteiger partial charge in [-0.05, 0) is 44.0 Å². The van der Waals surface area contributed by atoms with Crippen LogP contribution in [-0.4, -0.2) is 48.4 Å². The molecule has 1 unspecified atom stereocenters. The first-order valence-corrected chi connectivity index (χ1v) is 10.1. The minimum absolute atomic E-state index is 0.231. The second-order valence-electron chi connectivity index (χ2n) is 6.37. The van der Waals surface area contributed by atoms with E-state index in [2.05, 4.69) is 10.6 Å². The number of carbonyl (C=O) groups is 3. The number of carboxylic acids is 1. The van der Waals surface area contributed by atoms with Crippen LogP contribution < -0.4 is 10.6 Å². The molecule has 0 spiro atoms. The van der Waals surface area contributed by atoms with Crippen molar-refractivity contribution in [1.82, 2.24) is 5.32 Å². The van der Waals surface area contributed by atoms with Gasteiger partial charge in [0.1, 0.15) is 11.8 Å². The monoisotopic (exact) mass is 382 g/mol. The molecule has 142 valence electrons. The molecular formula is C17H22N2O6S. The number of aliphatic carboxylic acids is 1. The number of benzene rings is 1. The number of hydrogen-bond acceptors (Lipinski definition) is 5. The molecule has 0 aromatic heterocycles. The van der Waals surface area contributed by atoms with E-state index in [1.807, 2.05) is 0 Å². The lowest BCUT2D eigenvalue weighted by Crippen LogP contribution is -2.38. The van der Waals surface area contributed by atoms with Gasteiger partial charge in [0.25, 0.3) is 5.91 Å². The first kappa shape index (κ1) is 19.9. The molecule has 1 atom stereocenters. The molecule has 1 aromatic rings. The van der Waals surface area contributed by atoms with Gasteiger partial charge >= 0.3 is 5.97 Å². The van der Waals surface area contributed by atoms with Crippen LogP contribution in [-0.2, 0) is 19.4 Å². The van der Waals surface area contributed by atoms with Gasteiger partial charge in [0.05, 0.1) is 5.25 Å². The summed E-state index contributed by atoms with van der Waals surface area (Å²) in [6.07, 6.45) is 2.95. The van der Waals surface area contributed by atoms with E-state index >= 15 is 0 Å². The molecule has 2 rings (SSSR count). The fourth-order valence-electron chi connectivity index (χ4n) is 2.79. The molecule has 2 amide bonds. The number of nitrogens with one attached hydrogen (secondary N) is 2. The summed E-state index contributed by atoms with van der Waals surface area (Å²) >= 11 is 0. The zero-order chi connectivity index (χ0) is 19.3. The minimum atomic E-state index is -3.45. The van der Waals surface area contributed by atoms with E-state index in [9.17, 15) is 22.8 Å². The molecule has 0 aliphatic heterocycles. The van der Waals surface area contributed by atoms with Crippen LogP contribution in [0.25, 0.3) is 0 Å². The summed E-state index contributed by atoms with van der Waals surface area (Å²) in [5.74, 6) is -2.88. The van der Waals surface area contributed by atoms with Crippen molar-refractivity contribution >= 4 is 33.3 Å². The molecule has 3 N–H and O–H groups in total. The van der Waals surface area contributed by atoms with E-state index in [4.69, 9.17) is 5.11 Å². The predicted molar refractivity (Wildman–Crippen MR) is 95.7 cm³/mol. The summed E-state index contributed by atoms with van der Waals surface area (Å²) in [5, 5.41) is 13.2. The first-order chi connectivity index (χ1) is 12.2. The number of amides is 2. The molecule has 9 heteroatoms. The lowest BCUT2D eigenvalue weighted by Gasteiger charge is -2.12. The van der Waals surface area contributed by atoms with Crippen LogP contribution in [0.15, 0.2) is 24.3 Å². The summed E-state index contributed by atoms with van der Waals surface area (Å²) in [7, 11) is -3.45. The molecule has 1 fully saturated rings. The minimum Gasteiger partial charge on any atom is -0.480 e. The van der Waals surface area contributed by atoms with Crippen LogP contribution in [0.4, 0.5) is 5.69 Å². The van der Waals surface area contributed by atoms with Crippen molar-refractivity contribution in [2.24, 2.45) is 0 Å². The van der Waals surface area contributed by atoms with Gasteiger partial charge in [0.15, 0.2) is 9.84 Å². The highest BCUT2D eigenvalue weighted by Gasteiger charge is 2.30. The normalized spacial score (nSPS) is 16.0. The molecule has 8 nitrogen and oxygen atoms in total. The number of anilines is 1. The molecule has 0 saturated heterocycles. The molecule has 26 heavy (non-hydrogen) atoms. The average molecular weight is 382 g/mol. The zero-order valence-electron chi connectivity index (χ0n) is 14.4. The summed E-state index contributed by atoms with van der Waals surface area (Å²) in [6.45, 7) is 1.35. The Morgan fingerprint density at radius 1 is 1.15 bits per heavy atom. The van der Waals surface area contributed by atoms with E-state index in [1.54, 1.807) is 0 Å². The lowest BCUT2D eigenvalue weighted by molar-refractivity contribution is -0.138. The molecule has 0 heterocycles. The molecule has 0 bridgehead atoms. The van der Waals surface area contributed by atoms with Crippen molar-refractivity contribution in [2.75, 3.05) is 11.1 Å². The Morgan fingerprint density at radius 2 is 1.73 bits per heavy atom. The quantitative estimate of drug-likeness (QED) is 0.649. The third-order valence-corrected chi connectivity index (χ3v) is 6.44. The highest BCUT2D eigenvalue weighted by molar-refractivity contribution is 7.92. The molecule has 1 saturated carbocycles. The van der Waals surface area contributed by atoms with Crippen LogP contribution in [0.3, 0.4) is 0 Å². The maximum Gasteiger partial charge on any atom is 0.325 e.